The molecule has 0 heterocycles. The van der Waals surface area contributed by atoms with Crippen molar-refractivity contribution in [2.24, 2.45) is 58.4 Å². The van der Waals surface area contributed by atoms with Gasteiger partial charge in [0.25, 0.3) is 6.05 Å². The van der Waals surface area contributed by atoms with Crippen LogP contribution in [0.15, 0.2) is 12.2 Å². The molecule has 0 aromatic heterocycles. The van der Waals surface area contributed by atoms with Crippen LogP contribution in [0.2, 0.25) is 0 Å². The standard InChI is InChI=1S/C23H40N2.C3H8.C2H5F2N.C2H6/c1-15-5-7-18-17(13-15)6-8-20-19(18)11-12-23(3)21(9-10-22(20)23)16(2)14-25(4)24;1-3-2;1-2(3,4)5;1-2/h15,17-22H,2,5-14,24H2,1,3-4H3;3H2,1-2H3;5H2,1H3;1-2H3/t15-,17?,18?,19?,20?,21?,22?,23?;;;/m0.../s1. The van der Waals surface area contributed by atoms with Crippen LogP contribution in [-0.2, 0) is 0 Å². The molecule has 4 N–H and O–H groups in total. The molecule has 4 aliphatic carbocycles. The van der Waals surface area contributed by atoms with Crippen molar-refractivity contribution in [3.05, 3.63) is 12.2 Å². The maximum absolute atomic E-state index is 10.8. The molecule has 5 heteroatoms. The molecule has 208 valence electrons. The SMILES string of the molecule is C=C(CN(C)N)C1CCC2C3CCC4C[C@@H](C)CCC4C3CCC12C.CC.CC(N)(F)F.CCC. The zero-order valence-electron chi connectivity index (χ0n) is 24.4. The topological polar surface area (TPSA) is 55.3 Å². The quantitative estimate of drug-likeness (QED) is 0.178. The van der Waals surface area contributed by atoms with Crippen molar-refractivity contribution in [3.8, 4) is 0 Å². The molecule has 4 fully saturated rings. The molecule has 8 atom stereocenters. The van der Waals surface area contributed by atoms with Crippen molar-refractivity contribution in [1.29, 1.82) is 0 Å². The summed E-state index contributed by atoms with van der Waals surface area (Å²) in [6.07, 6.45) is 14.6. The molecule has 0 amide bonds. The van der Waals surface area contributed by atoms with Crippen LogP contribution in [0.4, 0.5) is 8.78 Å². The highest BCUT2D eigenvalue weighted by molar-refractivity contribution is 5.16. The van der Waals surface area contributed by atoms with Crippen LogP contribution in [0.5, 0.6) is 0 Å². The lowest BCUT2D eigenvalue weighted by molar-refractivity contribution is -0.0637. The van der Waals surface area contributed by atoms with Gasteiger partial charge >= 0.3 is 0 Å². The summed E-state index contributed by atoms with van der Waals surface area (Å²) < 4.78 is 21.6. The van der Waals surface area contributed by atoms with Gasteiger partial charge in [0.05, 0.1) is 0 Å². The highest BCUT2D eigenvalue weighted by Gasteiger charge is 2.57. The second-order valence-electron chi connectivity index (χ2n) is 12.3. The Morgan fingerprint density at radius 2 is 1.54 bits per heavy atom. The Labute approximate surface area is 216 Å². The van der Waals surface area contributed by atoms with Crippen molar-refractivity contribution >= 4 is 0 Å². The second-order valence-corrected chi connectivity index (χ2v) is 12.3. The van der Waals surface area contributed by atoms with E-state index in [0.29, 0.717) is 18.3 Å². The number of likely N-dealkylation sites (N-methyl/N-ethyl adjacent to an activating group) is 1. The fraction of sp³-hybridized carbons (Fsp3) is 0.933. The minimum absolute atomic E-state index is 0.503. The van der Waals surface area contributed by atoms with Gasteiger partial charge in [-0.1, -0.05) is 66.5 Å². The Morgan fingerprint density at radius 1 is 1.00 bits per heavy atom. The molecule has 0 bridgehead atoms. The Hall–Kier alpha value is -0.520. The summed E-state index contributed by atoms with van der Waals surface area (Å²) in [6, 6.07) is -3.00. The lowest BCUT2D eigenvalue weighted by Crippen LogP contribution is -2.49. The van der Waals surface area contributed by atoms with Gasteiger partial charge < -0.3 is 0 Å². The molecule has 4 saturated carbocycles. The van der Waals surface area contributed by atoms with Crippen molar-refractivity contribution in [2.75, 3.05) is 13.6 Å². The molecule has 35 heavy (non-hydrogen) atoms. The maximum atomic E-state index is 10.8. The minimum atomic E-state index is -3.00. The van der Waals surface area contributed by atoms with E-state index in [1.165, 1.54) is 69.8 Å². The smallest absolute Gasteiger partial charge is 0.272 e. The van der Waals surface area contributed by atoms with Crippen molar-refractivity contribution in [2.45, 2.75) is 119 Å². The zero-order valence-corrected chi connectivity index (χ0v) is 24.4. The third-order valence-corrected chi connectivity index (χ3v) is 9.16. The van der Waals surface area contributed by atoms with Gasteiger partial charge in [-0.05, 0) is 98.2 Å². The van der Waals surface area contributed by atoms with Crippen LogP contribution in [0.25, 0.3) is 0 Å². The third kappa shape index (κ3) is 9.07. The first kappa shape index (κ1) is 32.5. The maximum Gasteiger partial charge on any atom is 0.297 e. The van der Waals surface area contributed by atoms with Gasteiger partial charge in [0.2, 0.25) is 0 Å². The van der Waals surface area contributed by atoms with Gasteiger partial charge in [0.15, 0.2) is 0 Å². The molecule has 0 aliphatic heterocycles. The molecular formula is C30H59F2N3. The molecule has 7 unspecified atom stereocenters. The van der Waals surface area contributed by atoms with Gasteiger partial charge in [0, 0.05) is 20.5 Å². The highest BCUT2D eigenvalue weighted by Crippen LogP contribution is 2.65. The fourth-order valence-electron chi connectivity index (χ4n) is 8.19. The van der Waals surface area contributed by atoms with E-state index >= 15 is 0 Å². The number of nitrogens with two attached hydrogens (primary N) is 2. The summed E-state index contributed by atoms with van der Waals surface area (Å²) >= 11 is 0. The van der Waals surface area contributed by atoms with Crippen LogP contribution in [0.1, 0.15) is 113 Å². The summed E-state index contributed by atoms with van der Waals surface area (Å²) in [4.78, 5) is 0. The minimum Gasteiger partial charge on any atom is -0.272 e. The van der Waals surface area contributed by atoms with E-state index in [0.717, 1.165) is 42.1 Å². The summed E-state index contributed by atoms with van der Waals surface area (Å²) in [5.74, 6) is 12.8. The highest BCUT2D eigenvalue weighted by atomic mass is 19.3. The molecule has 0 spiro atoms. The number of alkyl halides is 2. The largest absolute Gasteiger partial charge is 0.297 e. The summed E-state index contributed by atoms with van der Waals surface area (Å²) in [6.45, 7) is 19.3. The number of hydrogen-bond acceptors (Lipinski definition) is 3. The van der Waals surface area contributed by atoms with E-state index in [1.54, 1.807) is 0 Å². The zero-order chi connectivity index (χ0) is 27.0. The number of hydrogen-bond donors (Lipinski definition) is 2. The molecular weight excluding hydrogens is 440 g/mol. The lowest BCUT2D eigenvalue weighted by Gasteiger charge is -2.56. The van der Waals surface area contributed by atoms with Crippen LogP contribution in [0.3, 0.4) is 0 Å². The van der Waals surface area contributed by atoms with Gasteiger partial charge in [-0.25, -0.2) is 5.01 Å². The van der Waals surface area contributed by atoms with E-state index in [-0.39, 0.29) is 0 Å². The Kier molecular flexibility index (Phi) is 13.4. The first-order valence-electron chi connectivity index (χ1n) is 14.6. The summed E-state index contributed by atoms with van der Waals surface area (Å²) in [5.41, 5.74) is 5.92. The predicted molar refractivity (Wildman–Crippen MR) is 148 cm³/mol. The predicted octanol–water partition coefficient (Wildman–Crippen LogP) is 8.25. The number of fused-ring (bicyclic) bond motifs is 5. The normalized spacial score (nSPS) is 37.7. The first-order chi connectivity index (χ1) is 16.3. The van der Waals surface area contributed by atoms with Crippen LogP contribution in [0, 0.1) is 46.8 Å². The number of nitrogens with zero attached hydrogens (tertiary/aromatic N) is 1. The molecule has 4 aliphatic rings. The summed E-state index contributed by atoms with van der Waals surface area (Å²) in [5, 5.41) is 1.82. The average Bonchev–Trinajstić information content (AvgIpc) is 3.11. The average molecular weight is 500 g/mol. The van der Waals surface area contributed by atoms with E-state index in [9.17, 15) is 8.78 Å². The molecule has 0 aromatic carbocycles. The Balaban J connectivity index is 0.000000530. The van der Waals surface area contributed by atoms with E-state index in [2.05, 4.69) is 40.0 Å². The van der Waals surface area contributed by atoms with Crippen molar-refractivity contribution in [1.82, 2.24) is 5.01 Å². The molecule has 0 aromatic rings. The molecule has 0 saturated heterocycles. The van der Waals surface area contributed by atoms with Crippen molar-refractivity contribution in [3.63, 3.8) is 0 Å². The van der Waals surface area contributed by atoms with Crippen LogP contribution < -0.4 is 11.6 Å². The van der Waals surface area contributed by atoms with Gasteiger partial charge in [-0.3, -0.25) is 11.6 Å². The number of halogens is 2. The Morgan fingerprint density at radius 3 is 2.09 bits per heavy atom. The van der Waals surface area contributed by atoms with E-state index in [1.807, 2.05) is 25.9 Å². The first-order valence-corrected chi connectivity index (χ1v) is 14.6. The molecule has 0 radical (unpaired) electrons. The number of rotatable bonds is 3. The van der Waals surface area contributed by atoms with Gasteiger partial charge in [-0.2, -0.15) is 8.78 Å². The fourth-order valence-corrected chi connectivity index (χ4v) is 8.19. The van der Waals surface area contributed by atoms with E-state index in [4.69, 9.17) is 5.84 Å². The molecule has 4 rings (SSSR count). The van der Waals surface area contributed by atoms with Crippen LogP contribution >= 0.6 is 0 Å². The van der Waals surface area contributed by atoms with Crippen molar-refractivity contribution < 1.29 is 8.78 Å². The number of hydrazine groups is 1. The van der Waals surface area contributed by atoms with Gasteiger partial charge in [-0.15, -0.1) is 0 Å². The van der Waals surface area contributed by atoms with E-state index < -0.39 is 6.05 Å². The second kappa shape index (κ2) is 14.4. The van der Waals surface area contributed by atoms with Gasteiger partial charge in [0.1, 0.15) is 0 Å². The summed E-state index contributed by atoms with van der Waals surface area (Å²) in [7, 11) is 1.97. The monoisotopic (exact) mass is 499 g/mol. The Bertz CT molecular complexity index is 611. The lowest BCUT2D eigenvalue weighted by atomic mass is 9.49. The third-order valence-electron chi connectivity index (χ3n) is 9.16. The van der Waals surface area contributed by atoms with Crippen LogP contribution in [-0.4, -0.2) is 24.6 Å². The molecule has 3 nitrogen and oxygen atoms in total.